The first kappa shape index (κ1) is 16.4. The molecule has 0 radical (unpaired) electrons. The monoisotopic (exact) mass is 283 g/mol. The van der Waals surface area contributed by atoms with Crippen LogP contribution in [-0.2, 0) is 17.1 Å². The maximum atomic E-state index is 11.3. The molecule has 2 rings (SSSR count). The fourth-order valence-electron chi connectivity index (χ4n) is 1.14. The van der Waals surface area contributed by atoms with E-state index < -0.39 is 0 Å². The molecule has 0 saturated carbocycles. The van der Waals surface area contributed by atoms with E-state index in [0.717, 1.165) is 5.57 Å². The quantitative estimate of drug-likeness (QED) is 0.514. The second-order valence-corrected chi connectivity index (χ2v) is 3.83. The van der Waals surface area contributed by atoms with Crippen molar-refractivity contribution < 1.29 is 22.2 Å². The smallest absolute Gasteiger partial charge is 0.860 e. The van der Waals surface area contributed by atoms with Crippen molar-refractivity contribution in [2.45, 2.75) is 13.8 Å². The molecule has 1 aromatic rings. The van der Waals surface area contributed by atoms with E-state index in [1.54, 1.807) is 18.4 Å². The van der Waals surface area contributed by atoms with E-state index >= 15 is 0 Å². The molecule has 18 heavy (non-hydrogen) atoms. The minimum atomic E-state index is -0.0544. The average molecular weight is 283 g/mol. The first-order valence-corrected chi connectivity index (χ1v) is 5.53. The Kier molecular flexibility index (Phi) is 8.63. The minimum Gasteiger partial charge on any atom is -0.860 e. The van der Waals surface area contributed by atoms with E-state index in [0.29, 0.717) is 5.57 Å². The largest absolute Gasteiger partial charge is 2.00 e. The summed E-state index contributed by atoms with van der Waals surface area (Å²) in [5.74, 6) is -0.0544. The van der Waals surface area contributed by atoms with Crippen LogP contribution in [0.4, 0.5) is 0 Å². The van der Waals surface area contributed by atoms with Crippen LogP contribution < -0.4 is 10.4 Å². The van der Waals surface area contributed by atoms with Crippen molar-refractivity contribution in [3.63, 3.8) is 0 Å². The summed E-state index contributed by atoms with van der Waals surface area (Å²) in [6.07, 6.45) is 8.96. The molecule has 1 N–H and O–H groups in total. The number of rotatable bonds is 2. The van der Waals surface area contributed by atoms with E-state index in [-0.39, 0.29) is 23.0 Å². The van der Waals surface area contributed by atoms with E-state index in [2.05, 4.69) is 5.32 Å². The molecule has 0 aliphatic heterocycles. The van der Waals surface area contributed by atoms with Gasteiger partial charge in [-0.05, 0) is 31.5 Å². The number of allylic oxidation sites excluding steroid dienone is 6. The Hall–Kier alpha value is -1.57. The van der Waals surface area contributed by atoms with Gasteiger partial charge >= 0.3 is 17.1 Å². The molecule has 0 heterocycles. The molecule has 0 aromatic heterocycles. The van der Waals surface area contributed by atoms with E-state index in [1.165, 1.54) is 0 Å². The summed E-state index contributed by atoms with van der Waals surface area (Å²) in [6, 6.07) is 10.0. The van der Waals surface area contributed by atoms with Gasteiger partial charge in [0.05, 0.1) is 0 Å². The molecule has 0 unspecified atom stereocenters. The first-order valence-electron chi connectivity index (χ1n) is 5.53. The third kappa shape index (κ3) is 6.89. The number of hydrogen-bond donors (Lipinski definition) is 1. The molecule has 2 nitrogen and oxygen atoms in total. The summed E-state index contributed by atoms with van der Waals surface area (Å²) < 4.78 is 0. The SMILES string of the molecule is CC(C)=CNC([O-])=C1C=CC=C1.[Fe+2].c1cc[cH-]c1. The first-order chi connectivity index (χ1) is 8.20. The van der Waals surface area contributed by atoms with Crippen LogP contribution in [0.15, 0.2) is 77.9 Å². The summed E-state index contributed by atoms with van der Waals surface area (Å²) in [5.41, 5.74) is 1.78. The van der Waals surface area contributed by atoms with Crippen LogP contribution in [0.3, 0.4) is 0 Å². The summed E-state index contributed by atoms with van der Waals surface area (Å²) in [4.78, 5) is 0. The Morgan fingerprint density at radius 1 is 1.17 bits per heavy atom. The predicted molar refractivity (Wildman–Crippen MR) is 69.9 cm³/mol. The molecule has 3 heteroatoms. The van der Waals surface area contributed by atoms with Crippen LogP contribution in [-0.4, -0.2) is 0 Å². The molecule has 1 aliphatic rings. The molecular weight excluding hydrogens is 266 g/mol. The molecule has 0 atom stereocenters. The topological polar surface area (TPSA) is 35.1 Å². The Morgan fingerprint density at radius 3 is 2.11 bits per heavy atom. The molecule has 0 fully saturated rings. The van der Waals surface area contributed by atoms with Gasteiger partial charge in [0, 0.05) is 0 Å². The molecule has 0 saturated heterocycles. The second-order valence-electron chi connectivity index (χ2n) is 3.83. The van der Waals surface area contributed by atoms with Crippen LogP contribution in [0, 0.1) is 0 Å². The van der Waals surface area contributed by atoms with Crippen molar-refractivity contribution in [1.82, 2.24) is 5.32 Å². The zero-order chi connectivity index (χ0) is 12.5. The Labute approximate surface area is 119 Å². The Bertz CT molecular complexity index is 404. The van der Waals surface area contributed by atoms with Crippen LogP contribution in [0.1, 0.15) is 13.8 Å². The Balaban J connectivity index is 0.000000405. The van der Waals surface area contributed by atoms with Gasteiger partial charge in [-0.2, -0.15) is 18.2 Å². The van der Waals surface area contributed by atoms with Crippen LogP contribution in [0.25, 0.3) is 0 Å². The van der Waals surface area contributed by atoms with Crippen molar-refractivity contribution in [2.75, 3.05) is 0 Å². The summed E-state index contributed by atoms with van der Waals surface area (Å²) >= 11 is 0. The van der Waals surface area contributed by atoms with Crippen molar-refractivity contribution in [3.8, 4) is 0 Å². The van der Waals surface area contributed by atoms with Crippen molar-refractivity contribution >= 4 is 0 Å². The molecule has 0 bridgehead atoms. The van der Waals surface area contributed by atoms with Crippen molar-refractivity contribution in [1.29, 1.82) is 0 Å². The molecule has 1 aromatic carbocycles. The zero-order valence-electron chi connectivity index (χ0n) is 10.5. The van der Waals surface area contributed by atoms with E-state index in [4.69, 9.17) is 0 Å². The van der Waals surface area contributed by atoms with Gasteiger partial charge in [-0.15, -0.1) is 0 Å². The van der Waals surface area contributed by atoms with Gasteiger partial charge < -0.3 is 10.4 Å². The Morgan fingerprint density at radius 2 is 1.72 bits per heavy atom. The van der Waals surface area contributed by atoms with Gasteiger partial charge in [0.2, 0.25) is 0 Å². The zero-order valence-corrected chi connectivity index (χ0v) is 11.6. The van der Waals surface area contributed by atoms with Crippen LogP contribution >= 0.6 is 0 Å². The number of hydrogen-bond acceptors (Lipinski definition) is 2. The molecule has 1 aliphatic carbocycles. The fraction of sp³-hybridized carbons (Fsp3) is 0.133. The number of nitrogens with one attached hydrogen (secondary N) is 1. The maximum absolute atomic E-state index is 11.3. The molecule has 0 amide bonds. The summed E-state index contributed by atoms with van der Waals surface area (Å²) in [7, 11) is 0. The van der Waals surface area contributed by atoms with Gasteiger partial charge in [-0.1, -0.05) is 29.9 Å². The van der Waals surface area contributed by atoms with Gasteiger partial charge in [0.1, 0.15) is 0 Å². The fourth-order valence-corrected chi connectivity index (χ4v) is 1.14. The average Bonchev–Trinajstić information content (AvgIpc) is 2.99. The molecule has 96 valence electrons. The summed E-state index contributed by atoms with van der Waals surface area (Å²) in [6.45, 7) is 3.87. The van der Waals surface area contributed by atoms with Crippen molar-refractivity contribution in [2.24, 2.45) is 0 Å². The summed E-state index contributed by atoms with van der Waals surface area (Å²) in [5, 5.41) is 13.9. The van der Waals surface area contributed by atoms with E-state index in [9.17, 15) is 5.11 Å². The molecular formula is C15H17FeNO. The molecule has 0 spiro atoms. The predicted octanol–water partition coefficient (Wildman–Crippen LogP) is 2.60. The standard InChI is InChI=1S/C10H13NO.C5H5.Fe/c1-8(2)7-11-10(12)9-5-3-4-6-9;1-2-4-5-3-1;/h3-7,11-12H,1-2H3;1-5H;/q;-1;+2/p-1. The van der Waals surface area contributed by atoms with Crippen LogP contribution in [0.2, 0.25) is 0 Å². The van der Waals surface area contributed by atoms with E-state index in [1.807, 2.05) is 56.3 Å². The van der Waals surface area contributed by atoms with Gasteiger partial charge in [-0.3, -0.25) is 0 Å². The van der Waals surface area contributed by atoms with Gasteiger partial charge in [-0.25, -0.2) is 12.1 Å². The maximum Gasteiger partial charge on any atom is 2.00 e. The van der Waals surface area contributed by atoms with Crippen LogP contribution in [0.5, 0.6) is 0 Å². The third-order valence-corrected chi connectivity index (χ3v) is 1.97. The second kappa shape index (κ2) is 9.46. The normalized spacial score (nSPS) is 11.1. The van der Waals surface area contributed by atoms with Crippen molar-refractivity contribution in [3.05, 3.63) is 77.9 Å². The van der Waals surface area contributed by atoms with Gasteiger partial charge in [0.15, 0.2) is 0 Å². The minimum absolute atomic E-state index is 0. The third-order valence-electron chi connectivity index (χ3n) is 1.97. The van der Waals surface area contributed by atoms with Gasteiger partial charge in [0.25, 0.3) is 0 Å².